The van der Waals surface area contributed by atoms with Crippen molar-refractivity contribution in [2.75, 3.05) is 0 Å². The lowest BCUT2D eigenvalue weighted by molar-refractivity contribution is -0.274. The number of rotatable bonds is 2. The van der Waals surface area contributed by atoms with Gasteiger partial charge in [-0.05, 0) is 40.2 Å². The van der Waals surface area contributed by atoms with Crippen molar-refractivity contribution in [3.63, 3.8) is 0 Å². The highest BCUT2D eigenvalue weighted by Crippen LogP contribution is 2.25. The number of hydrogen-bond donors (Lipinski definition) is 0. The zero-order chi connectivity index (χ0) is 16.8. The summed E-state index contributed by atoms with van der Waals surface area (Å²) in [6, 6.07) is 5.04. The van der Waals surface area contributed by atoms with Crippen molar-refractivity contribution < 1.29 is 17.9 Å². The minimum absolute atomic E-state index is 0.326. The Balaban J connectivity index is 2.09. The molecule has 3 aromatic rings. The maximum absolute atomic E-state index is 12.5. The van der Waals surface area contributed by atoms with Gasteiger partial charge in [-0.25, -0.2) is 0 Å². The summed E-state index contributed by atoms with van der Waals surface area (Å²) in [5.74, 6) is -0.352. The summed E-state index contributed by atoms with van der Waals surface area (Å²) in [7, 11) is 1.64. The van der Waals surface area contributed by atoms with E-state index in [1.54, 1.807) is 19.4 Å². The van der Waals surface area contributed by atoms with Crippen molar-refractivity contribution in [3.8, 4) is 11.4 Å². The Labute approximate surface area is 136 Å². The molecule has 3 rings (SSSR count). The van der Waals surface area contributed by atoms with Crippen LogP contribution in [0.1, 0.15) is 0 Å². The van der Waals surface area contributed by atoms with Crippen LogP contribution < -0.4 is 10.3 Å². The van der Waals surface area contributed by atoms with Gasteiger partial charge < -0.3 is 4.74 Å². The van der Waals surface area contributed by atoms with Gasteiger partial charge in [0.2, 0.25) is 0 Å². The maximum atomic E-state index is 12.5. The van der Waals surface area contributed by atoms with E-state index in [9.17, 15) is 18.0 Å². The van der Waals surface area contributed by atoms with Gasteiger partial charge in [-0.1, -0.05) is 0 Å². The number of nitrogens with zero attached hydrogens (tertiary/aromatic N) is 3. The van der Waals surface area contributed by atoms with Crippen molar-refractivity contribution in [2.24, 2.45) is 7.05 Å². The fourth-order valence-corrected chi connectivity index (χ4v) is 2.72. The fourth-order valence-electron chi connectivity index (χ4n) is 2.22. The molecule has 0 unspecified atom stereocenters. The third-order valence-electron chi connectivity index (χ3n) is 3.21. The van der Waals surface area contributed by atoms with Gasteiger partial charge in [0.15, 0.2) is 0 Å². The van der Waals surface area contributed by atoms with Crippen LogP contribution in [-0.2, 0) is 7.05 Å². The average molecular weight is 388 g/mol. The molecule has 0 spiro atoms. The number of aryl methyl sites for hydroxylation is 1. The summed E-state index contributed by atoms with van der Waals surface area (Å²) in [5.41, 5.74) is 0.469. The first-order valence-electron chi connectivity index (χ1n) is 6.35. The second-order valence-corrected chi connectivity index (χ2v) is 5.58. The Morgan fingerprint density at radius 1 is 1.22 bits per heavy atom. The molecule has 5 nitrogen and oxygen atoms in total. The highest BCUT2D eigenvalue weighted by molar-refractivity contribution is 9.10. The smallest absolute Gasteiger partial charge is 0.406 e. The van der Waals surface area contributed by atoms with Crippen molar-refractivity contribution in [2.45, 2.75) is 6.36 Å². The molecule has 0 radical (unpaired) electrons. The molecule has 0 N–H and O–H groups in total. The molecule has 0 saturated heterocycles. The van der Waals surface area contributed by atoms with Crippen LogP contribution in [0.2, 0.25) is 0 Å². The van der Waals surface area contributed by atoms with Crippen LogP contribution in [0.4, 0.5) is 13.2 Å². The second kappa shape index (κ2) is 5.41. The van der Waals surface area contributed by atoms with Crippen LogP contribution in [0.15, 0.2) is 45.9 Å². The average Bonchev–Trinajstić information content (AvgIpc) is 2.85. The van der Waals surface area contributed by atoms with E-state index in [1.807, 2.05) is 0 Å². The lowest BCUT2D eigenvalue weighted by atomic mass is 10.2. The molecule has 0 aliphatic heterocycles. The van der Waals surface area contributed by atoms with Gasteiger partial charge in [-0.2, -0.15) is 5.10 Å². The predicted molar refractivity (Wildman–Crippen MR) is 80.7 cm³/mol. The van der Waals surface area contributed by atoms with Gasteiger partial charge in [0, 0.05) is 28.8 Å². The SMILES string of the molecule is Cn1ncc2c(Br)cn(-c3ccc(OC(F)(F)F)cc3)c(=O)c21. The lowest BCUT2D eigenvalue weighted by Gasteiger charge is -2.11. The number of benzene rings is 1. The number of pyridine rings is 1. The van der Waals surface area contributed by atoms with E-state index >= 15 is 0 Å². The summed E-state index contributed by atoms with van der Waals surface area (Å²) in [5, 5.41) is 4.69. The summed E-state index contributed by atoms with van der Waals surface area (Å²) in [6.45, 7) is 0. The number of halogens is 4. The molecule has 1 aromatic carbocycles. The zero-order valence-electron chi connectivity index (χ0n) is 11.6. The van der Waals surface area contributed by atoms with E-state index in [4.69, 9.17) is 0 Å². The molecule has 2 heterocycles. The monoisotopic (exact) mass is 387 g/mol. The number of hydrogen-bond acceptors (Lipinski definition) is 3. The first kappa shape index (κ1) is 15.6. The predicted octanol–water partition coefficient (Wildman–Crippen LogP) is 3.39. The molecule has 0 amide bonds. The maximum Gasteiger partial charge on any atom is 0.573 e. The van der Waals surface area contributed by atoms with Gasteiger partial charge in [0.1, 0.15) is 11.3 Å². The van der Waals surface area contributed by atoms with Crippen LogP contribution in [0.5, 0.6) is 5.75 Å². The highest BCUT2D eigenvalue weighted by atomic mass is 79.9. The van der Waals surface area contributed by atoms with Gasteiger partial charge in [0.05, 0.1) is 6.20 Å². The summed E-state index contributed by atoms with van der Waals surface area (Å²) < 4.78 is 43.7. The van der Waals surface area contributed by atoms with Crippen molar-refractivity contribution in [1.29, 1.82) is 0 Å². The number of ether oxygens (including phenoxy) is 1. The third-order valence-corrected chi connectivity index (χ3v) is 3.84. The number of alkyl halides is 3. The molecular formula is C14H9BrF3N3O2. The molecule has 0 fully saturated rings. The lowest BCUT2D eigenvalue weighted by Crippen LogP contribution is -2.20. The zero-order valence-corrected chi connectivity index (χ0v) is 13.2. The summed E-state index contributed by atoms with van der Waals surface area (Å²) in [4.78, 5) is 12.5. The largest absolute Gasteiger partial charge is 0.573 e. The molecular weight excluding hydrogens is 379 g/mol. The Bertz CT molecular complexity index is 929. The Hall–Kier alpha value is -2.29. The van der Waals surface area contributed by atoms with Gasteiger partial charge in [-0.3, -0.25) is 14.0 Å². The van der Waals surface area contributed by atoms with E-state index in [2.05, 4.69) is 25.8 Å². The van der Waals surface area contributed by atoms with Gasteiger partial charge >= 0.3 is 6.36 Å². The van der Waals surface area contributed by atoms with E-state index in [0.717, 1.165) is 12.1 Å². The first-order valence-corrected chi connectivity index (χ1v) is 7.14. The second-order valence-electron chi connectivity index (χ2n) is 4.72. The van der Waals surface area contributed by atoms with Crippen molar-refractivity contribution >= 4 is 26.8 Å². The van der Waals surface area contributed by atoms with Gasteiger partial charge in [-0.15, -0.1) is 13.2 Å². The molecule has 0 saturated carbocycles. The standard InChI is InChI=1S/C14H9BrF3N3O2/c1-20-12-10(6-19-20)11(15)7-21(13(12)22)8-2-4-9(5-3-8)23-14(16,17)18/h2-7H,1H3. The topological polar surface area (TPSA) is 49.0 Å². The Morgan fingerprint density at radius 3 is 2.48 bits per heavy atom. The Morgan fingerprint density at radius 2 is 1.87 bits per heavy atom. The third kappa shape index (κ3) is 2.96. The molecule has 9 heteroatoms. The van der Waals surface area contributed by atoms with Crippen molar-refractivity contribution in [3.05, 3.63) is 51.5 Å². The number of fused-ring (bicyclic) bond motifs is 1. The van der Waals surface area contributed by atoms with Crippen molar-refractivity contribution in [1.82, 2.24) is 14.3 Å². The Kier molecular flexibility index (Phi) is 3.67. The minimum Gasteiger partial charge on any atom is -0.406 e. The fraction of sp³-hybridized carbons (Fsp3) is 0.143. The van der Waals surface area contributed by atoms with E-state index in [-0.39, 0.29) is 11.3 Å². The van der Waals surface area contributed by atoms with Crippen LogP contribution in [-0.4, -0.2) is 20.7 Å². The molecule has 0 bridgehead atoms. The first-order chi connectivity index (χ1) is 10.8. The summed E-state index contributed by atoms with van der Waals surface area (Å²) in [6.07, 6.45) is -1.65. The normalized spacial score (nSPS) is 11.9. The summed E-state index contributed by atoms with van der Waals surface area (Å²) >= 11 is 3.36. The highest BCUT2D eigenvalue weighted by Gasteiger charge is 2.31. The quantitative estimate of drug-likeness (QED) is 0.677. The molecule has 2 aromatic heterocycles. The molecule has 0 aliphatic carbocycles. The number of aromatic nitrogens is 3. The van der Waals surface area contributed by atoms with E-state index in [0.29, 0.717) is 21.1 Å². The van der Waals surface area contributed by atoms with Crippen LogP contribution >= 0.6 is 15.9 Å². The molecule has 120 valence electrons. The minimum atomic E-state index is -4.75. The molecule has 0 atom stereocenters. The van der Waals surface area contributed by atoms with Crippen LogP contribution in [0, 0.1) is 0 Å². The molecule has 0 aliphatic rings. The van der Waals surface area contributed by atoms with Crippen LogP contribution in [0.3, 0.4) is 0 Å². The molecule has 23 heavy (non-hydrogen) atoms. The van der Waals surface area contributed by atoms with E-state index < -0.39 is 6.36 Å². The van der Waals surface area contributed by atoms with E-state index in [1.165, 1.54) is 21.4 Å². The van der Waals surface area contributed by atoms with Gasteiger partial charge in [0.25, 0.3) is 5.56 Å². The van der Waals surface area contributed by atoms with Crippen LogP contribution in [0.25, 0.3) is 16.6 Å².